The smallest absolute Gasteiger partial charge is 0.868 e. The standard InChI is InChI=1S/C15H11NO.Li/c17-14-8-4-7-12-9-10-13(16-15(12)14)11-5-2-1-3-6-11;/h1-10,17H;/q;+1. The summed E-state index contributed by atoms with van der Waals surface area (Å²) in [6.07, 6.45) is 0. The Morgan fingerprint density at radius 3 is 2.33 bits per heavy atom. The number of aromatic amines is 1. The molecule has 0 fully saturated rings. The number of fused-ring (bicyclic) bond motifs is 1. The molecule has 3 heteroatoms. The van der Waals surface area contributed by atoms with Crippen molar-refractivity contribution >= 4 is 10.9 Å². The van der Waals surface area contributed by atoms with Crippen molar-refractivity contribution in [3.8, 4) is 17.0 Å². The number of aromatic nitrogens is 1. The maximum atomic E-state index is 11.7. The molecule has 0 unspecified atom stereocenters. The monoisotopic (exact) mass is 228 g/mol. The molecule has 0 aliphatic carbocycles. The Labute approximate surface area is 117 Å². The second-order valence-corrected chi connectivity index (χ2v) is 3.96. The minimum absolute atomic E-state index is 0. The summed E-state index contributed by atoms with van der Waals surface area (Å²) in [6, 6.07) is 19.2. The normalized spacial score (nSPS) is 10.0. The molecule has 0 saturated heterocycles. The molecule has 0 aliphatic rings. The average Bonchev–Trinajstić information content (AvgIpc) is 2.40. The maximum absolute atomic E-state index is 11.7. The summed E-state index contributed by atoms with van der Waals surface area (Å²) in [5, 5.41) is 12.7. The molecule has 0 aliphatic heterocycles. The Kier molecular flexibility index (Phi) is 3.71. The number of H-pyrrole nitrogens is 1. The fourth-order valence-corrected chi connectivity index (χ4v) is 1.96. The predicted octanol–water partition coefficient (Wildman–Crippen LogP) is -0.602. The van der Waals surface area contributed by atoms with Crippen LogP contribution in [0, 0.1) is 0 Å². The molecule has 0 saturated carbocycles. The fraction of sp³-hybridized carbons (Fsp3) is 0. The fourth-order valence-electron chi connectivity index (χ4n) is 1.96. The van der Waals surface area contributed by atoms with Crippen LogP contribution in [-0.2, 0) is 0 Å². The van der Waals surface area contributed by atoms with Gasteiger partial charge in [-0.2, -0.15) is 0 Å². The minimum Gasteiger partial charge on any atom is -0.868 e. The van der Waals surface area contributed by atoms with Crippen LogP contribution in [0.4, 0.5) is 0 Å². The molecule has 3 aromatic rings. The van der Waals surface area contributed by atoms with Crippen LogP contribution in [0.5, 0.6) is 5.75 Å². The average molecular weight is 228 g/mol. The first-order chi connectivity index (χ1) is 8.34. The van der Waals surface area contributed by atoms with Crippen molar-refractivity contribution in [2.75, 3.05) is 0 Å². The van der Waals surface area contributed by atoms with Crippen molar-refractivity contribution in [2.24, 2.45) is 0 Å². The molecule has 0 amide bonds. The van der Waals surface area contributed by atoms with Crippen LogP contribution in [0.3, 0.4) is 0 Å². The van der Waals surface area contributed by atoms with Crippen molar-refractivity contribution in [1.29, 1.82) is 0 Å². The van der Waals surface area contributed by atoms with Gasteiger partial charge in [0.2, 0.25) is 11.2 Å². The molecule has 1 N–H and O–H groups in total. The Balaban J connectivity index is 0.00000120. The van der Waals surface area contributed by atoms with Gasteiger partial charge in [-0.05, 0) is 30.0 Å². The third-order valence-electron chi connectivity index (χ3n) is 2.83. The van der Waals surface area contributed by atoms with E-state index in [4.69, 9.17) is 0 Å². The summed E-state index contributed by atoms with van der Waals surface area (Å²) < 4.78 is 0. The van der Waals surface area contributed by atoms with Crippen LogP contribution in [0.1, 0.15) is 0 Å². The van der Waals surface area contributed by atoms with Crippen molar-refractivity contribution < 1.29 is 29.0 Å². The zero-order valence-corrected chi connectivity index (χ0v) is 10.2. The van der Waals surface area contributed by atoms with E-state index >= 15 is 0 Å². The van der Waals surface area contributed by atoms with Gasteiger partial charge in [-0.15, -0.1) is 0 Å². The summed E-state index contributed by atoms with van der Waals surface area (Å²) in [6.45, 7) is 0. The quantitative estimate of drug-likeness (QED) is 0.512. The molecule has 3 rings (SSSR count). The van der Waals surface area contributed by atoms with Crippen molar-refractivity contribution in [1.82, 2.24) is 0 Å². The topological polar surface area (TPSA) is 37.2 Å². The van der Waals surface area contributed by atoms with Gasteiger partial charge in [0.1, 0.15) is 0 Å². The summed E-state index contributed by atoms with van der Waals surface area (Å²) >= 11 is 0. The third-order valence-corrected chi connectivity index (χ3v) is 2.83. The summed E-state index contributed by atoms with van der Waals surface area (Å²) in [5.74, 6) is 0.0280. The molecule has 2 nitrogen and oxygen atoms in total. The zero-order valence-electron chi connectivity index (χ0n) is 10.2. The van der Waals surface area contributed by atoms with Gasteiger partial charge >= 0.3 is 18.9 Å². The second kappa shape index (κ2) is 5.26. The molecule has 82 valence electrons. The van der Waals surface area contributed by atoms with Crippen molar-refractivity contribution in [3.63, 3.8) is 0 Å². The Hall–Kier alpha value is -1.75. The first-order valence-electron chi connectivity index (χ1n) is 5.52. The number of pyridine rings is 1. The Morgan fingerprint density at radius 2 is 1.56 bits per heavy atom. The van der Waals surface area contributed by atoms with E-state index in [-0.39, 0.29) is 24.6 Å². The summed E-state index contributed by atoms with van der Waals surface area (Å²) in [4.78, 5) is 3.20. The van der Waals surface area contributed by atoms with Crippen molar-refractivity contribution in [3.05, 3.63) is 60.7 Å². The maximum Gasteiger partial charge on any atom is 1.00 e. The van der Waals surface area contributed by atoms with E-state index in [1.54, 1.807) is 12.1 Å². The first-order valence-corrected chi connectivity index (χ1v) is 5.52. The molecular weight excluding hydrogens is 217 g/mol. The molecular formula is C15H11LiNO+. The number of benzene rings is 2. The van der Waals surface area contributed by atoms with Crippen molar-refractivity contribution in [2.45, 2.75) is 0 Å². The molecule has 0 bridgehead atoms. The number of nitrogens with one attached hydrogen (secondary N) is 1. The molecule has 0 atom stereocenters. The summed E-state index contributed by atoms with van der Waals surface area (Å²) in [5.41, 5.74) is 2.70. The van der Waals surface area contributed by atoms with Gasteiger partial charge in [0.15, 0.2) is 0 Å². The van der Waals surface area contributed by atoms with E-state index in [0.29, 0.717) is 5.52 Å². The van der Waals surface area contributed by atoms with Gasteiger partial charge in [0, 0.05) is 17.0 Å². The number of hydrogen-bond donors (Lipinski definition) is 0. The van der Waals surface area contributed by atoms with E-state index in [1.165, 1.54) is 0 Å². The Bertz CT molecular complexity index is 668. The van der Waals surface area contributed by atoms with Crippen LogP contribution < -0.4 is 29.0 Å². The molecule has 0 spiro atoms. The minimum atomic E-state index is 0. The molecule has 0 radical (unpaired) electrons. The van der Waals surface area contributed by atoms with Gasteiger partial charge in [-0.1, -0.05) is 30.3 Å². The zero-order chi connectivity index (χ0) is 11.7. The first kappa shape index (κ1) is 12.7. The molecule has 18 heavy (non-hydrogen) atoms. The van der Waals surface area contributed by atoms with Crippen LogP contribution in [0.2, 0.25) is 0 Å². The van der Waals surface area contributed by atoms with E-state index in [2.05, 4.69) is 4.98 Å². The molecule has 2 aromatic carbocycles. The Morgan fingerprint density at radius 1 is 0.778 bits per heavy atom. The summed E-state index contributed by atoms with van der Waals surface area (Å²) in [7, 11) is 0. The van der Waals surface area contributed by atoms with Crippen LogP contribution in [0.25, 0.3) is 22.2 Å². The largest absolute Gasteiger partial charge is 1.00 e. The van der Waals surface area contributed by atoms with E-state index in [1.807, 2.05) is 48.5 Å². The van der Waals surface area contributed by atoms with Gasteiger partial charge in [-0.25, -0.2) is 4.98 Å². The van der Waals surface area contributed by atoms with Crippen LogP contribution >= 0.6 is 0 Å². The SMILES string of the molecule is [Li+].[O-]c1cccc2ccc(-c3ccccc3)[nH+]c12. The molecule has 1 aromatic heterocycles. The van der Waals surface area contributed by atoms with E-state index in [9.17, 15) is 5.11 Å². The van der Waals surface area contributed by atoms with Crippen LogP contribution in [-0.4, -0.2) is 0 Å². The second-order valence-electron chi connectivity index (χ2n) is 3.96. The molecule has 1 heterocycles. The number of para-hydroxylation sites is 1. The van der Waals surface area contributed by atoms with Gasteiger partial charge < -0.3 is 5.11 Å². The number of rotatable bonds is 1. The van der Waals surface area contributed by atoms with Gasteiger partial charge in [-0.3, -0.25) is 0 Å². The van der Waals surface area contributed by atoms with Gasteiger partial charge in [0.25, 0.3) is 0 Å². The third kappa shape index (κ3) is 2.26. The van der Waals surface area contributed by atoms with E-state index in [0.717, 1.165) is 16.6 Å². The predicted molar refractivity (Wildman–Crippen MR) is 65.4 cm³/mol. The number of hydrogen-bond acceptors (Lipinski definition) is 1. The van der Waals surface area contributed by atoms with Crippen LogP contribution in [0.15, 0.2) is 60.7 Å². The van der Waals surface area contributed by atoms with E-state index < -0.39 is 0 Å². The van der Waals surface area contributed by atoms with Gasteiger partial charge in [0.05, 0.1) is 0 Å².